The fourth-order valence-electron chi connectivity index (χ4n) is 5.24. The topological polar surface area (TPSA) is 35.5 Å². The lowest BCUT2D eigenvalue weighted by Crippen LogP contribution is -2.13. The molecule has 0 aromatic heterocycles. The zero-order valence-electron chi connectivity index (χ0n) is 24.1. The molecule has 0 amide bonds. The summed E-state index contributed by atoms with van der Waals surface area (Å²) in [5, 5.41) is 0. The van der Waals surface area contributed by atoms with E-state index in [2.05, 4.69) is 45.1 Å². The first-order valence-electron chi connectivity index (χ1n) is 15.3. The van der Waals surface area contributed by atoms with Gasteiger partial charge in [0.2, 0.25) is 0 Å². The van der Waals surface area contributed by atoms with Gasteiger partial charge in [-0.2, -0.15) is 0 Å². The van der Waals surface area contributed by atoms with Crippen LogP contribution in [0.1, 0.15) is 114 Å². The quantitative estimate of drug-likeness (QED) is 0.0959. The molecule has 1 atom stereocenters. The molecule has 3 heteroatoms. The number of hydrogen-bond donors (Lipinski definition) is 0. The van der Waals surface area contributed by atoms with Crippen molar-refractivity contribution in [3.8, 4) is 11.5 Å². The van der Waals surface area contributed by atoms with Crippen molar-refractivity contribution < 1.29 is 14.3 Å². The summed E-state index contributed by atoms with van der Waals surface area (Å²) in [6.45, 7) is 7.53. The van der Waals surface area contributed by atoms with Crippen LogP contribution in [0.3, 0.4) is 0 Å². The van der Waals surface area contributed by atoms with Crippen LogP contribution in [-0.2, 0) is 6.42 Å². The smallest absolute Gasteiger partial charge is 0.343 e. The summed E-state index contributed by atoms with van der Waals surface area (Å²) in [6, 6.07) is 15.3. The zero-order valence-corrected chi connectivity index (χ0v) is 24.1. The molecule has 38 heavy (non-hydrogen) atoms. The molecule has 1 aliphatic carbocycles. The number of hydrogen-bond acceptors (Lipinski definition) is 3. The van der Waals surface area contributed by atoms with E-state index in [0.717, 1.165) is 36.3 Å². The maximum atomic E-state index is 12.6. The standard InChI is InChI=1S/C35H50O3/c1-4-6-8-12-29-13-15-30(16-14-29)17-18-31-19-23-34(24-20-31)38-35(36)32-21-25-33(26-22-32)37-27-10-7-9-11-28(3)5-2/h8,12,19-26,28-30H,4-7,9-11,13-18,27H2,1-3H3/b12-8-/t28-,29-,30-/m0/s1. The molecule has 0 saturated heterocycles. The van der Waals surface area contributed by atoms with Gasteiger partial charge in [0.15, 0.2) is 0 Å². The largest absolute Gasteiger partial charge is 0.494 e. The number of benzene rings is 2. The van der Waals surface area contributed by atoms with Crippen molar-refractivity contribution in [2.45, 2.75) is 104 Å². The van der Waals surface area contributed by atoms with Gasteiger partial charge in [0.05, 0.1) is 12.2 Å². The number of aryl methyl sites for hydroxylation is 1. The van der Waals surface area contributed by atoms with Crippen molar-refractivity contribution in [3.63, 3.8) is 0 Å². The molecule has 0 aliphatic heterocycles. The van der Waals surface area contributed by atoms with Crippen LogP contribution in [0.5, 0.6) is 11.5 Å². The van der Waals surface area contributed by atoms with Crippen molar-refractivity contribution in [1.29, 1.82) is 0 Å². The number of allylic oxidation sites excluding steroid dienone is 2. The Morgan fingerprint density at radius 1 is 0.921 bits per heavy atom. The minimum atomic E-state index is -0.334. The normalized spacial score (nSPS) is 18.4. The molecule has 0 spiro atoms. The Morgan fingerprint density at radius 3 is 2.32 bits per heavy atom. The Kier molecular flexibility index (Phi) is 13.5. The molecule has 208 valence electrons. The molecule has 1 aliphatic rings. The van der Waals surface area contributed by atoms with E-state index in [0.29, 0.717) is 17.9 Å². The summed E-state index contributed by atoms with van der Waals surface area (Å²) in [5.74, 6) is 3.51. The van der Waals surface area contributed by atoms with Crippen LogP contribution < -0.4 is 9.47 Å². The maximum absolute atomic E-state index is 12.6. The Labute approximate surface area is 232 Å². The summed E-state index contributed by atoms with van der Waals surface area (Å²) in [5.41, 5.74) is 1.85. The second-order valence-electron chi connectivity index (χ2n) is 11.3. The van der Waals surface area contributed by atoms with Crippen LogP contribution >= 0.6 is 0 Å². The Hall–Kier alpha value is -2.55. The number of carbonyl (C=O) groups excluding carboxylic acids is 1. The fourth-order valence-corrected chi connectivity index (χ4v) is 5.24. The van der Waals surface area contributed by atoms with E-state index in [1.165, 1.54) is 76.2 Å². The predicted octanol–water partition coefficient (Wildman–Crippen LogP) is 9.99. The molecule has 1 saturated carbocycles. The van der Waals surface area contributed by atoms with Gasteiger partial charge in [-0.05, 0) is 111 Å². The first-order valence-corrected chi connectivity index (χ1v) is 15.3. The molecular weight excluding hydrogens is 468 g/mol. The van der Waals surface area contributed by atoms with E-state index < -0.39 is 0 Å². The first kappa shape index (κ1) is 30.0. The van der Waals surface area contributed by atoms with Crippen LogP contribution in [0.4, 0.5) is 0 Å². The van der Waals surface area contributed by atoms with Crippen molar-refractivity contribution >= 4 is 5.97 Å². The highest BCUT2D eigenvalue weighted by Crippen LogP contribution is 2.32. The van der Waals surface area contributed by atoms with E-state index in [4.69, 9.17) is 9.47 Å². The van der Waals surface area contributed by atoms with Gasteiger partial charge < -0.3 is 9.47 Å². The van der Waals surface area contributed by atoms with Gasteiger partial charge in [-0.1, -0.05) is 77.2 Å². The van der Waals surface area contributed by atoms with E-state index in [1.54, 1.807) is 12.1 Å². The molecule has 0 N–H and O–H groups in total. The Morgan fingerprint density at radius 2 is 1.63 bits per heavy atom. The van der Waals surface area contributed by atoms with Gasteiger partial charge in [0.1, 0.15) is 11.5 Å². The van der Waals surface area contributed by atoms with E-state index in [1.807, 2.05) is 24.3 Å². The molecule has 0 unspecified atom stereocenters. The monoisotopic (exact) mass is 518 g/mol. The summed E-state index contributed by atoms with van der Waals surface area (Å²) in [4.78, 5) is 12.6. The van der Waals surface area contributed by atoms with Gasteiger partial charge >= 0.3 is 5.97 Å². The number of ether oxygens (including phenoxy) is 2. The lowest BCUT2D eigenvalue weighted by molar-refractivity contribution is 0.0734. The summed E-state index contributed by atoms with van der Waals surface area (Å²) < 4.78 is 11.5. The van der Waals surface area contributed by atoms with Crippen molar-refractivity contribution in [1.82, 2.24) is 0 Å². The Bertz CT molecular complexity index is 936. The fraction of sp³-hybridized carbons (Fsp3) is 0.571. The van der Waals surface area contributed by atoms with Gasteiger partial charge in [-0.25, -0.2) is 4.79 Å². The minimum Gasteiger partial charge on any atom is -0.494 e. The van der Waals surface area contributed by atoms with Crippen LogP contribution in [0.25, 0.3) is 0 Å². The molecular formula is C35H50O3. The second kappa shape index (κ2) is 17.1. The Balaban J connectivity index is 1.33. The first-order chi connectivity index (χ1) is 18.6. The molecule has 3 rings (SSSR count). The average molecular weight is 519 g/mol. The molecule has 2 aromatic carbocycles. The number of carbonyl (C=O) groups is 1. The van der Waals surface area contributed by atoms with Crippen LogP contribution in [-0.4, -0.2) is 12.6 Å². The van der Waals surface area contributed by atoms with E-state index >= 15 is 0 Å². The summed E-state index contributed by atoms with van der Waals surface area (Å²) in [6.07, 6.45) is 21.1. The lowest BCUT2D eigenvalue weighted by Gasteiger charge is -2.26. The predicted molar refractivity (Wildman–Crippen MR) is 159 cm³/mol. The average Bonchev–Trinajstić information content (AvgIpc) is 2.95. The van der Waals surface area contributed by atoms with E-state index in [9.17, 15) is 4.79 Å². The highest BCUT2D eigenvalue weighted by molar-refractivity contribution is 5.91. The summed E-state index contributed by atoms with van der Waals surface area (Å²) >= 11 is 0. The zero-order chi connectivity index (χ0) is 27.0. The number of rotatable bonds is 16. The van der Waals surface area contributed by atoms with Crippen molar-refractivity contribution in [2.75, 3.05) is 6.61 Å². The van der Waals surface area contributed by atoms with Crippen molar-refractivity contribution in [3.05, 3.63) is 71.8 Å². The molecule has 0 heterocycles. The van der Waals surface area contributed by atoms with Gasteiger partial charge in [-0.15, -0.1) is 0 Å². The SMILES string of the molecule is CCC/C=C\[C@H]1CC[C@H](CCc2ccc(OC(=O)c3ccc(OCCCCC[C@@H](C)CC)cc3)cc2)CC1. The minimum absolute atomic E-state index is 0.334. The lowest BCUT2D eigenvalue weighted by atomic mass is 9.79. The number of unbranched alkanes of at least 4 members (excludes halogenated alkanes) is 3. The third-order valence-electron chi connectivity index (χ3n) is 8.13. The molecule has 0 radical (unpaired) electrons. The van der Waals surface area contributed by atoms with E-state index in [-0.39, 0.29) is 5.97 Å². The third-order valence-corrected chi connectivity index (χ3v) is 8.13. The highest BCUT2D eigenvalue weighted by Gasteiger charge is 2.19. The van der Waals surface area contributed by atoms with Gasteiger partial charge in [0, 0.05) is 0 Å². The molecule has 0 bridgehead atoms. The molecule has 3 nitrogen and oxygen atoms in total. The molecule has 2 aromatic rings. The molecule has 1 fully saturated rings. The van der Waals surface area contributed by atoms with Gasteiger partial charge in [-0.3, -0.25) is 0 Å². The van der Waals surface area contributed by atoms with Crippen LogP contribution in [0, 0.1) is 17.8 Å². The van der Waals surface area contributed by atoms with Crippen LogP contribution in [0.15, 0.2) is 60.7 Å². The number of esters is 1. The van der Waals surface area contributed by atoms with Crippen LogP contribution in [0.2, 0.25) is 0 Å². The third kappa shape index (κ3) is 11.1. The van der Waals surface area contributed by atoms with Gasteiger partial charge in [0.25, 0.3) is 0 Å². The summed E-state index contributed by atoms with van der Waals surface area (Å²) in [7, 11) is 0. The second-order valence-corrected chi connectivity index (χ2v) is 11.3. The maximum Gasteiger partial charge on any atom is 0.343 e. The highest BCUT2D eigenvalue weighted by atomic mass is 16.5. The van der Waals surface area contributed by atoms with Crippen molar-refractivity contribution in [2.24, 2.45) is 17.8 Å².